The Bertz CT molecular complexity index is 1050. The van der Waals surface area contributed by atoms with Crippen LogP contribution in [0.3, 0.4) is 0 Å². The van der Waals surface area contributed by atoms with Gasteiger partial charge in [0.1, 0.15) is 11.1 Å². The van der Waals surface area contributed by atoms with Gasteiger partial charge in [-0.2, -0.15) is 4.68 Å². The maximum absolute atomic E-state index is 12.6. The van der Waals surface area contributed by atoms with Crippen LogP contribution in [0.2, 0.25) is 0 Å². The second-order valence-electron chi connectivity index (χ2n) is 11.9. The van der Waals surface area contributed by atoms with Crippen molar-refractivity contribution in [1.82, 2.24) is 30.8 Å². The summed E-state index contributed by atoms with van der Waals surface area (Å²) in [6, 6.07) is 4.28. The van der Waals surface area contributed by atoms with E-state index in [9.17, 15) is 4.79 Å². The van der Waals surface area contributed by atoms with Crippen LogP contribution in [-0.2, 0) is 15.0 Å². The fraction of sp³-hybridized carbons (Fsp3) is 0.692. The smallest absolute Gasteiger partial charge is 0.408 e. The summed E-state index contributed by atoms with van der Waals surface area (Å²) in [6.07, 6.45) is 0.952. The molecule has 194 valence electrons. The molecule has 0 aliphatic carbocycles. The summed E-state index contributed by atoms with van der Waals surface area (Å²) in [6.45, 7) is 20.9. The van der Waals surface area contributed by atoms with Crippen LogP contribution in [0.1, 0.15) is 83.8 Å². The van der Waals surface area contributed by atoms with Crippen molar-refractivity contribution in [2.75, 3.05) is 13.2 Å². The summed E-state index contributed by atoms with van der Waals surface area (Å²) in [5.41, 5.74) is 2.28. The molecular weight excluding hydrogens is 444 g/mol. The van der Waals surface area contributed by atoms with E-state index < -0.39 is 22.8 Å². The van der Waals surface area contributed by atoms with E-state index in [4.69, 9.17) is 9.47 Å². The number of nitrogens with zero attached hydrogens (tertiary/aromatic N) is 4. The Morgan fingerprint density at radius 1 is 1.17 bits per heavy atom. The topological polar surface area (TPSA) is 103 Å². The minimum atomic E-state index is -0.636. The highest BCUT2D eigenvalue weighted by Gasteiger charge is 2.50. The number of ether oxygens (including phenoxy) is 2. The lowest BCUT2D eigenvalue weighted by molar-refractivity contribution is 0.0321. The molecule has 2 aromatic rings. The van der Waals surface area contributed by atoms with Crippen molar-refractivity contribution in [2.24, 2.45) is 0 Å². The predicted molar refractivity (Wildman–Crippen MR) is 136 cm³/mol. The average molecular weight is 487 g/mol. The molecule has 1 aliphatic heterocycles. The first-order valence-corrected chi connectivity index (χ1v) is 12.4. The van der Waals surface area contributed by atoms with Gasteiger partial charge in [0, 0.05) is 13.0 Å². The van der Waals surface area contributed by atoms with Crippen LogP contribution in [0, 0.1) is 20.8 Å². The fourth-order valence-corrected chi connectivity index (χ4v) is 4.80. The predicted octanol–water partition coefficient (Wildman–Crippen LogP) is 4.26. The molecule has 3 rings (SSSR count). The van der Waals surface area contributed by atoms with Gasteiger partial charge in [0.05, 0.1) is 23.4 Å². The van der Waals surface area contributed by atoms with E-state index in [0.717, 1.165) is 16.8 Å². The van der Waals surface area contributed by atoms with Crippen molar-refractivity contribution in [3.8, 4) is 5.69 Å². The van der Waals surface area contributed by atoms with Crippen LogP contribution < -0.4 is 10.6 Å². The molecule has 1 aliphatic rings. The van der Waals surface area contributed by atoms with Crippen molar-refractivity contribution in [1.29, 1.82) is 0 Å². The molecule has 0 spiro atoms. The number of tetrazole rings is 1. The minimum absolute atomic E-state index is 0.359. The maximum atomic E-state index is 12.6. The average Bonchev–Trinajstić information content (AvgIpc) is 3.29. The van der Waals surface area contributed by atoms with Crippen molar-refractivity contribution >= 4 is 6.09 Å². The summed E-state index contributed by atoms with van der Waals surface area (Å²) in [4.78, 5) is 12.6. The molecule has 2 N–H and O–H groups in total. The normalized spacial score (nSPS) is 21.5. The number of carbonyl (C=O) groups is 1. The zero-order valence-corrected chi connectivity index (χ0v) is 23.0. The molecule has 9 nitrogen and oxygen atoms in total. The van der Waals surface area contributed by atoms with E-state index in [2.05, 4.69) is 72.9 Å². The number of aromatic nitrogens is 4. The van der Waals surface area contributed by atoms with Crippen LogP contribution >= 0.6 is 0 Å². The van der Waals surface area contributed by atoms with Gasteiger partial charge in [-0.05, 0) is 90.3 Å². The molecule has 0 saturated carbocycles. The zero-order chi connectivity index (χ0) is 26.2. The van der Waals surface area contributed by atoms with Crippen LogP contribution in [-0.4, -0.2) is 56.2 Å². The molecule has 1 saturated heterocycles. The van der Waals surface area contributed by atoms with Crippen molar-refractivity contribution in [3.05, 3.63) is 34.6 Å². The largest absolute Gasteiger partial charge is 0.444 e. The Morgan fingerprint density at radius 2 is 1.80 bits per heavy atom. The first-order valence-electron chi connectivity index (χ1n) is 12.4. The summed E-state index contributed by atoms with van der Waals surface area (Å²) in [7, 11) is 0. The van der Waals surface area contributed by atoms with E-state index in [1.165, 1.54) is 5.56 Å². The lowest BCUT2D eigenvalue weighted by Gasteiger charge is -2.36. The van der Waals surface area contributed by atoms with Gasteiger partial charge < -0.3 is 20.1 Å². The molecule has 1 amide bonds. The second-order valence-corrected chi connectivity index (χ2v) is 11.9. The first kappa shape index (κ1) is 27.1. The van der Waals surface area contributed by atoms with Gasteiger partial charge in [-0.15, -0.1) is 5.10 Å². The maximum Gasteiger partial charge on any atom is 0.408 e. The molecule has 1 fully saturated rings. The number of alkyl carbamates (subject to hydrolysis) is 1. The fourth-order valence-electron chi connectivity index (χ4n) is 4.80. The van der Waals surface area contributed by atoms with Crippen LogP contribution in [0.25, 0.3) is 5.69 Å². The molecule has 35 heavy (non-hydrogen) atoms. The van der Waals surface area contributed by atoms with Crippen molar-refractivity contribution in [3.63, 3.8) is 0 Å². The van der Waals surface area contributed by atoms with Gasteiger partial charge in [0.15, 0.2) is 5.82 Å². The number of benzene rings is 1. The standard InChI is InChI=1S/C26H42N6O3/c1-11-25(10,28-22(33)35-23(5,6)7)15-27-26(14-24(8,9)34-16-26)21-29-30-31-32(21)20-18(3)12-17(2)13-19(20)4/h12-13,27H,11,14-16H2,1-10H3,(H,28,33). The van der Waals surface area contributed by atoms with Crippen molar-refractivity contribution in [2.45, 2.75) is 104 Å². The second kappa shape index (κ2) is 9.50. The van der Waals surface area contributed by atoms with E-state index in [1.807, 2.05) is 39.3 Å². The van der Waals surface area contributed by atoms with Gasteiger partial charge >= 0.3 is 6.09 Å². The van der Waals surface area contributed by atoms with Gasteiger partial charge in [-0.3, -0.25) is 0 Å². The summed E-state index contributed by atoms with van der Waals surface area (Å²) in [5, 5.41) is 19.7. The number of amides is 1. The van der Waals surface area contributed by atoms with Crippen LogP contribution in [0.5, 0.6) is 0 Å². The molecule has 0 radical (unpaired) electrons. The highest BCUT2D eigenvalue weighted by atomic mass is 16.6. The van der Waals surface area contributed by atoms with Gasteiger partial charge in [-0.1, -0.05) is 24.6 Å². The molecule has 2 unspecified atom stereocenters. The summed E-state index contributed by atoms with van der Waals surface area (Å²) < 4.78 is 13.6. The molecular formula is C26H42N6O3. The van der Waals surface area contributed by atoms with Crippen LogP contribution in [0.4, 0.5) is 4.79 Å². The Morgan fingerprint density at radius 3 is 2.31 bits per heavy atom. The van der Waals surface area contributed by atoms with E-state index in [0.29, 0.717) is 31.8 Å². The summed E-state index contributed by atoms with van der Waals surface area (Å²) in [5.74, 6) is 0.703. The SMILES string of the molecule is CCC(C)(CNC1(c2nnnn2-c2c(C)cc(C)cc2C)COC(C)(C)C1)NC(=O)OC(C)(C)C. The Labute approximate surface area is 209 Å². The van der Waals surface area contributed by atoms with E-state index >= 15 is 0 Å². The number of carbonyl (C=O) groups excluding carboxylic acids is 1. The third-order valence-corrected chi connectivity index (χ3v) is 6.58. The zero-order valence-electron chi connectivity index (χ0n) is 23.0. The van der Waals surface area contributed by atoms with E-state index in [-0.39, 0.29) is 5.60 Å². The van der Waals surface area contributed by atoms with Gasteiger partial charge in [0.2, 0.25) is 0 Å². The third kappa shape index (κ3) is 6.19. The first-order chi connectivity index (χ1) is 16.1. The molecule has 2 atom stereocenters. The number of hydrogen-bond acceptors (Lipinski definition) is 7. The Hall–Kier alpha value is -2.52. The number of aryl methyl sites for hydroxylation is 3. The van der Waals surface area contributed by atoms with Gasteiger partial charge in [-0.25, -0.2) is 4.79 Å². The lowest BCUT2D eigenvalue weighted by Crippen LogP contribution is -2.58. The highest BCUT2D eigenvalue weighted by molar-refractivity contribution is 5.68. The van der Waals surface area contributed by atoms with Crippen molar-refractivity contribution < 1.29 is 14.3 Å². The molecule has 2 heterocycles. The molecule has 1 aromatic carbocycles. The minimum Gasteiger partial charge on any atom is -0.444 e. The van der Waals surface area contributed by atoms with E-state index in [1.54, 1.807) is 0 Å². The highest BCUT2D eigenvalue weighted by Crippen LogP contribution is 2.40. The molecule has 9 heteroatoms. The quantitative estimate of drug-likeness (QED) is 0.602. The molecule has 1 aromatic heterocycles. The molecule has 0 bridgehead atoms. The number of nitrogens with one attached hydrogen (secondary N) is 2. The monoisotopic (exact) mass is 486 g/mol. The summed E-state index contributed by atoms with van der Waals surface area (Å²) >= 11 is 0. The Balaban J connectivity index is 1.96. The lowest BCUT2D eigenvalue weighted by atomic mass is 9.87. The number of rotatable bonds is 7. The third-order valence-electron chi connectivity index (χ3n) is 6.58. The van der Waals surface area contributed by atoms with Crippen LogP contribution in [0.15, 0.2) is 12.1 Å². The number of hydrogen-bond donors (Lipinski definition) is 2. The van der Waals surface area contributed by atoms with Gasteiger partial charge in [0.25, 0.3) is 0 Å². The Kier molecular flexibility index (Phi) is 7.35.